The Labute approximate surface area is 230 Å². The topological polar surface area (TPSA) is 40.5 Å². The highest BCUT2D eigenvalue weighted by Gasteiger charge is 2.13. The molecule has 0 N–H and O–H groups in total. The quantitative estimate of drug-likeness (QED) is 0.124. The van der Waals surface area contributed by atoms with Crippen molar-refractivity contribution in [3.05, 3.63) is 71.4 Å². The summed E-state index contributed by atoms with van der Waals surface area (Å²) >= 11 is 0. The molecule has 38 heavy (non-hydrogen) atoms. The Morgan fingerprint density at radius 1 is 0.921 bits per heavy atom. The van der Waals surface area contributed by atoms with E-state index < -0.39 is 0 Å². The third-order valence-electron chi connectivity index (χ3n) is 7.18. The minimum absolute atomic E-state index is 0.105. The molecule has 0 saturated carbocycles. The summed E-state index contributed by atoms with van der Waals surface area (Å²) in [5.41, 5.74) is 5.40. The van der Waals surface area contributed by atoms with Gasteiger partial charge in [-0.25, -0.2) is 0 Å². The van der Waals surface area contributed by atoms with Crippen molar-refractivity contribution >= 4 is 16.9 Å². The molecule has 2 aromatic carbocycles. The zero-order valence-electron chi connectivity index (χ0n) is 24.2. The van der Waals surface area contributed by atoms with Gasteiger partial charge in [0.1, 0.15) is 0 Å². The van der Waals surface area contributed by atoms with Crippen LogP contribution in [0.5, 0.6) is 0 Å². The third-order valence-corrected chi connectivity index (χ3v) is 7.18. The van der Waals surface area contributed by atoms with Gasteiger partial charge in [0.15, 0.2) is 0 Å². The smallest absolute Gasteiger partial charge is 0.305 e. The minimum atomic E-state index is -0.105. The molecule has 0 bridgehead atoms. The number of carbonyl (C=O) groups is 1. The number of benzene rings is 2. The molecule has 0 aliphatic carbocycles. The molecule has 208 valence electrons. The summed E-state index contributed by atoms with van der Waals surface area (Å²) in [6, 6.07) is 17.7. The van der Waals surface area contributed by atoms with E-state index in [1.165, 1.54) is 40.4 Å². The van der Waals surface area contributed by atoms with Gasteiger partial charge in [0.05, 0.1) is 12.7 Å². The molecule has 0 saturated heterocycles. The summed E-state index contributed by atoms with van der Waals surface area (Å²) in [6.45, 7) is 10.8. The van der Waals surface area contributed by atoms with Crippen LogP contribution in [0.15, 0.2) is 54.7 Å². The maximum atomic E-state index is 11.7. The van der Waals surface area contributed by atoms with E-state index in [1.54, 1.807) is 0 Å². The lowest BCUT2D eigenvalue weighted by molar-refractivity contribution is -0.143. The summed E-state index contributed by atoms with van der Waals surface area (Å²) in [7, 11) is 0. The summed E-state index contributed by atoms with van der Waals surface area (Å²) in [6.07, 6.45) is 12.9. The van der Waals surface area contributed by atoms with Crippen LogP contribution in [-0.4, -0.2) is 23.8 Å². The van der Waals surface area contributed by atoms with Gasteiger partial charge in [-0.15, -0.1) is 0 Å². The number of unbranched alkanes of at least 4 members (excludes halogenated alkanes) is 3. The molecule has 0 aliphatic rings. The van der Waals surface area contributed by atoms with E-state index in [9.17, 15) is 4.79 Å². The average Bonchev–Trinajstić information content (AvgIpc) is 3.26. The lowest BCUT2D eigenvalue weighted by Gasteiger charge is -2.19. The van der Waals surface area contributed by atoms with Crippen molar-refractivity contribution in [3.63, 3.8) is 0 Å². The van der Waals surface area contributed by atoms with Gasteiger partial charge in [-0.1, -0.05) is 82.5 Å². The predicted molar refractivity (Wildman–Crippen MR) is 159 cm³/mol. The molecule has 1 atom stereocenters. The van der Waals surface area contributed by atoms with Gasteiger partial charge >= 0.3 is 5.97 Å². The molecule has 3 aromatic rings. The highest BCUT2D eigenvalue weighted by molar-refractivity contribution is 5.84. The second kappa shape index (κ2) is 16.4. The standard InChI is InChI=1S/C34H49NO3/c1-5-7-17-33(29-21-19-28(20-22-29)25-27(3)4)38-24-12-8-9-14-30-26-35(23-13-18-34(36)37-6-2)32-16-11-10-15-31(30)32/h10-11,15-16,19-22,26-27,33H,5-9,12-14,17-18,23-25H2,1-4H3. The average molecular weight is 520 g/mol. The van der Waals surface area contributed by atoms with E-state index in [0.29, 0.717) is 18.9 Å². The van der Waals surface area contributed by atoms with Crippen LogP contribution in [0.1, 0.15) is 102 Å². The van der Waals surface area contributed by atoms with Crippen LogP contribution < -0.4 is 0 Å². The molecule has 0 spiro atoms. The van der Waals surface area contributed by atoms with Crippen LogP contribution >= 0.6 is 0 Å². The molecule has 0 aliphatic heterocycles. The van der Waals surface area contributed by atoms with E-state index in [0.717, 1.165) is 58.1 Å². The second-order valence-electron chi connectivity index (χ2n) is 10.9. The Morgan fingerprint density at radius 2 is 1.71 bits per heavy atom. The molecule has 0 fully saturated rings. The van der Waals surface area contributed by atoms with E-state index in [2.05, 4.69) is 80.1 Å². The highest BCUT2D eigenvalue weighted by Crippen LogP contribution is 2.26. The number of hydrogen-bond acceptors (Lipinski definition) is 3. The summed E-state index contributed by atoms with van der Waals surface area (Å²) in [5.74, 6) is 0.576. The van der Waals surface area contributed by atoms with Gasteiger partial charge in [0.25, 0.3) is 0 Å². The Bertz CT molecular complexity index is 1080. The van der Waals surface area contributed by atoms with Crippen molar-refractivity contribution in [2.45, 2.75) is 105 Å². The highest BCUT2D eigenvalue weighted by atomic mass is 16.5. The molecule has 0 amide bonds. The van der Waals surface area contributed by atoms with E-state index >= 15 is 0 Å². The predicted octanol–water partition coefficient (Wildman–Crippen LogP) is 8.84. The van der Waals surface area contributed by atoms with Crippen molar-refractivity contribution in [2.75, 3.05) is 13.2 Å². The number of aryl methyl sites for hydroxylation is 2. The monoisotopic (exact) mass is 519 g/mol. The zero-order chi connectivity index (χ0) is 27.2. The lowest BCUT2D eigenvalue weighted by atomic mass is 9.98. The fraction of sp³-hybridized carbons (Fsp3) is 0.559. The first kappa shape index (κ1) is 30.0. The SMILES string of the molecule is CCCCC(OCCCCCc1cn(CCCC(=O)OCC)c2ccccc12)c1ccc(CC(C)C)cc1. The van der Waals surface area contributed by atoms with Gasteiger partial charge in [-0.2, -0.15) is 0 Å². The summed E-state index contributed by atoms with van der Waals surface area (Å²) < 4.78 is 13.8. The number of carbonyl (C=O) groups excluding carboxylic acids is 1. The molecule has 0 radical (unpaired) electrons. The van der Waals surface area contributed by atoms with Gasteiger partial charge in [0, 0.05) is 36.7 Å². The Kier molecular flexibility index (Phi) is 12.9. The maximum Gasteiger partial charge on any atom is 0.305 e. The van der Waals surface area contributed by atoms with Crippen molar-refractivity contribution in [1.82, 2.24) is 4.57 Å². The fourth-order valence-electron chi connectivity index (χ4n) is 5.23. The first-order valence-corrected chi connectivity index (χ1v) is 14.9. The number of para-hydroxylation sites is 1. The molecule has 3 rings (SSSR count). The van der Waals surface area contributed by atoms with Crippen LogP contribution in [0.4, 0.5) is 0 Å². The number of fused-ring (bicyclic) bond motifs is 1. The number of ether oxygens (including phenoxy) is 2. The fourth-order valence-corrected chi connectivity index (χ4v) is 5.23. The van der Waals surface area contributed by atoms with Crippen molar-refractivity contribution in [3.8, 4) is 0 Å². The molecule has 1 unspecified atom stereocenters. The Hall–Kier alpha value is -2.59. The number of esters is 1. The largest absolute Gasteiger partial charge is 0.466 e. The Balaban J connectivity index is 1.46. The number of rotatable bonds is 18. The first-order chi connectivity index (χ1) is 18.5. The van der Waals surface area contributed by atoms with Crippen LogP contribution in [0.25, 0.3) is 10.9 Å². The number of nitrogens with zero attached hydrogens (tertiary/aromatic N) is 1. The van der Waals surface area contributed by atoms with Gasteiger partial charge in [-0.3, -0.25) is 4.79 Å². The van der Waals surface area contributed by atoms with Crippen LogP contribution in [0.3, 0.4) is 0 Å². The molecular formula is C34H49NO3. The summed E-state index contributed by atoms with van der Waals surface area (Å²) in [5, 5.41) is 1.33. The maximum absolute atomic E-state index is 11.7. The molecular weight excluding hydrogens is 470 g/mol. The third kappa shape index (κ3) is 9.62. The lowest BCUT2D eigenvalue weighted by Crippen LogP contribution is -2.06. The number of aromatic nitrogens is 1. The molecule has 4 heteroatoms. The van der Waals surface area contributed by atoms with Gasteiger partial charge in [0.2, 0.25) is 0 Å². The number of hydrogen-bond donors (Lipinski definition) is 0. The van der Waals surface area contributed by atoms with E-state index in [-0.39, 0.29) is 12.1 Å². The van der Waals surface area contributed by atoms with Crippen molar-refractivity contribution < 1.29 is 14.3 Å². The van der Waals surface area contributed by atoms with Crippen molar-refractivity contribution in [2.24, 2.45) is 5.92 Å². The van der Waals surface area contributed by atoms with E-state index in [1.807, 2.05) is 6.92 Å². The van der Waals surface area contributed by atoms with Crippen LogP contribution in [0, 0.1) is 5.92 Å². The molecule has 1 heterocycles. The zero-order valence-corrected chi connectivity index (χ0v) is 24.2. The normalized spacial score (nSPS) is 12.3. The second-order valence-corrected chi connectivity index (χ2v) is 10.9. The van der Waals surface area contributed by atoms with Gasteiger partial charge in [-0.05, 0) is 74.1 Å². The van der Waals surface area contributed by atoms with E-state index in [4.69, 9.17) is 9.47 Å². The van der Waals surface area contributed by atoms with Crippen molar-refractivity contribution in [1.29, 1.82) is 0 Å². The minimum Gasteiger partial charge on any atom is -0.466 e. The molecule has 4 nitrogen and oxygen atoms in total. The van der Waals surface area contributed by atoms with Crippen LogP contribution in [-0.2, 0) is 33.7 Å². The first-order valence-electron chi connectivity index (χ1n) is 14.9. The Morgan fingerprint density at radius 3 is 2.45 bits per heavy atom. The van der Waals surface area contributed by atoms with Gasteiger partial charge < -0.3 is 14.0 Å². The van der Waals surface area contributed by atoms with Crippen LogP contribution in [0.2, 0.25) is 0 Å². The summed E-state index contributed by atoms with van der Waals surface area (Å²) in [4.78, 5) is 11.7. The molecule has 1 aromatic heterocycles.